The molecular formula is C16H28N4O3. The normalized spacial score (nSPS) is 24.5. The molecule has 7 heteroatoms. The molecule has 0 aliphatic carbocycles. The predicted molar refractivity (Wildman–Crippen MR) is 86.4 cm³/mol. The molecule has 0 spiro atoms. The van der Waals surface area contributed by atoms with Crippen molar-refractivity contribution in [3.05, 3.63) is 0 Å². The second-order valence-corrected chi connectivity index (χ2v) is 7.87. The molecule has 130 valence electrons. The number of nitrogens with zero attached hydrogens (tertiary/aromatic N) is 3. The van der Waals surface area contributed by atoms with Gasteiger partial charge in [0.25, 0.3) is 0 Å². The molecule has 23 heavy (non-hydrogen) atoms. The second-order valence-electron chi connectivity index (χ2n) is 7.87. The molecule has 2 rings (SSSR count). The van der Waals surface area contributed by atoms with E-state index in [0.29, 0.717) is 39.0 Å². The molecule has 2 heterocycles. The van der Waals surface area contributed by atoms with Crippen LogP contribution < -0.4 is 5.73 Å². The van der Waals surface area contributed by atoms with E-state index in [9.17, 15) is 14.4 Å². The molecule has 0 unspecified atom stereocenters. The first-order chi connectivity index (χ1) is 10.6. The van der Waals surface area contributed by atoms with Crippen molar-refractivity contribution in [2.75, 3.05) is 26.2 Å². The van der Waals surface area contributed by atoms with Gasteiger partial charge in [0.2, 0.25) is 6.41 Å². The van der Waals surface area contributed by atoms with E-state index in [4.69, 9.17) is 5.73 Å². The minimum atomic E-state index is -0.479. The van der Waals surface area contributed by atoms with Crippen LogP contribution in [0.5, 0.6) is 0 Å². The zero-order chi connectivity index (χ0) is 17.4. The summed E-state index contributed by atoms with van der Waals surface area (Å²) in [4.78, 5) is 41.2. The lowest BCUT2D eigenvalue weighted by molar-refractivity contribution is -0.164. The molecule has 2 saturated heterocycles. The lowest BCUT2D eigenvalue weighted by Crippen LogP contribution is -2.67. The standard InChI is InChI=1S/C16H28N4O3/c1-15(2)9-12(17)10-16(3,4)20(15)14(23)13(22)19-7-5-18(11-21)6-8-19/h11-12H,5-10,17H2,1-4H3. The minimum absolute atomic E-state index is 0.0234. The third kappa shape index (κ3) is 3.49. The largest absolute Gasteiger partial charge is 0.342 e. The van der Waals surface area contributed by atoms with Crippen molar-refractivity contribution < 1.29 is 14.4 Å². The smallest absolute Gasteiger partial charge is 0.312 e. The summed E-state index contributed by atoms with van der Waals surface area (Å²) >= 11 is 0. The van der Waals surface area contributed by atoms with E-state index < -0.39 is 22.9 Å². The number of carbonyl (C=O) groups is 3. The van der Waals surface area contributed by atoms with Crippen molar-refractivity contribution >= 4 is 18.2 Å². The molecule has 0 bridgehead atoms. The topological polar surface area (TPSA) is 86.9 Å². The van der Waals surface area contributed by atoms with Crippen LogP contribution in [0.2, 0.25) is 0 Å². The fourth-order valence-electron chi connectivity index (χ4n) is 4.17. The third-order valence-corrected chi connectivity index (χ3v) is 4.87. The van der Waals surface area contributed by atoms with Crippen LogP contribution in [0.3, 0.4) is 0 Å². The first-order valence-electron chi connectivity index (χ1n) is 8.17. The van der Waals surface area contributed by atoms with Gasteiger partial charge in [-0.1, -0.05) is 0 Å². The van der Waals surface area contributed by atoms with Gasteiger partial charge in [-0.15, -0.1) is 0 Å². The Hall–Kier alpha value is -1.63. The number of rotatable bonds is 1. The highest BCUT2D eigenvalue weighted by molar-refractivity contribution is 6.35. The summed E-state index contributed by atoms with van der Waals surface area (Å²) in [6, 6.07) is 0.0234. The summed E-state index contributed by atoms with van der Waals surface area (Å²) in [6.45, 7) is 9.59. The zero-order valence-electron chi connectivity index (χ0n) is 14.5. The molecule has 0 aromatic carbocycles. The van der Waals surface area contributed by atoms with Crippen LogP contribution in [0.25, 0.3) is 0 Å². The highest BCUT2D eigenvalue weighted by Crippen LogP contribution is 2.38. The summed E-state index contributed by atoms with van der Waals surface area (Å²) in [7, 11) is 0. The first-order valence-corrected chi connectivity index (χ1v) is 8.17. The van der Waals surface area contributed by atoms with Gasteiger partial charge in [0.05, 0.1) is 0 Å². The Morgan fingerprint density at radius 3 is 1.87 bits per heavy atom. The lowest BCUT2D eigenvalue weighted by atomic mass is 9.77. The summed E-state index contributed by atoms with van der Waals surface area (Å²) in [5, 5.41) is 0. The van der Waals surface area contributed by atoms with Crippen molar-refractivity contribution in [3.8, 4) is 0 Å². The number of amides is 3. The average Bonchev–Trinajstić information content (AvgIpc) is 2.43. The Kier molecular flexibility index (Phi) is 4.71. The molecule has 7 nitrogen and oxygen atoms in total. The molecule has 0 aromatic rings. The highest BCUT2D eigenvalue weighted by Gasteiger charge is 2.49. The number of hydrogen-bond donors (Lipinski definition) is 1. The van der Waals surface area contributed by atoms with E-state index in [1.54, 1.807) is 14.7 Å². The zero-order valence-corrected chi connectivity index (χ0v) is 14.5. The predicted octanol–water partition coefficient (Wildman–Crippen LogP) is -0.206. The van der Waals surface area contributed by atoms with Gasteiger partial charge in [0.15, 0.2) is 0 Å². The molecule has 0 radical (unpaired) electrons. The van der Waals surface area contributed by atoms with Crippen LogP contribution in [-0.4, -0.2) is 76.2 Å². The summed E-state index contributed by atoms with van der Waals surface area (Å²) in [5.74, 6) is -0.946. The fraction of sp³-hybridized carbons (Fsp3) is 0.812. The molecule has 0 atom stereocenters. The molecule has 2 aliphatic heterocycles. The molecule has 3 amide bonds. The van der Waals surface area contributed by atoms with Crippen molar-refractivity contribution in [2.45, 2.75) is 57.7 Å². The molecule has 0 saturated carbocycles. The van der Waals surface area contributed by atoms with Crippen molar-refractivity contribution in [1.82, 2.24) is 14.7 Å². The van der Waals surface area contributed by atoms with E-state index in [2.05, 4.69) is 0 Å². The fourth-order valence-corrected chi connectivity index (χ4v) is 4.17. The Labute approximate surface area is 137 Å². The van der Waals surface area contributed by atoms with Gasteiger partial charge in [-0.25, -0.2) is 0 Å². The van der Waals surface area contributed by atoms with Gasteiger partial charge in [-0.3, -0.25) is 14.4 Å². The number of likely N-dealkylation sites (tertiary alicyclic amines) is 1. The van der Waals surface area contributed by atoms with E-state index in [1.165, 1.54) is 0 Å². The Bertz CT molecular complexity index is 478. The van der Waals surface area contributed by atoms with Crippen LogP contribution in [0.4, 0.5) is 0 Å². The number of nitrogens with two attached hydrogens (primary N) is 1. The SMILES string of the molecule is CC1(C)CC(N)CC(C)(C)N1C(=O)C(=O)N1CCN(C=O)CC1. The minimum Gasteiger partial charge on any atom is -0.342 e. The number of piperazine rings is 1. The van der Waals surface area contributed by atoms with Crippen molar-refractivity contribution in [2.24, 2.45) is 5.73 Å². The number of carbonyl (C=O) groups excluding carboxylic acids is 3. The molecule has 0 aromatic heterocycles. The van der Waals surface area contributed by atoms with Gasteiger partial charge >= 0.3 is 11.8 Å². The second kappa shape index (κ2) is 6.11. The first kappa shape index (κ1) is 17.7. The maximum Gasteiger partial charge on any atom is 0.312 e. The Morgan fingerprint density at radius 1 is 0.957 bits per heavy atom. The van der Waals surface area contributed by atoms with E-state index in [0.717, 1.165) is 6.41 Å². The van der Waals surface area contributed by atoms with Crippen LogP contribution in [0.15, 0.2) is 0 Å². The molecule has 2 aliphatic rings. The molecular weight excluding hydrogens is 296 g/mol. The van der Waals surface area contributed by atoms with E-state index in [-0.39, 0.29) is 6.04 Å². The maximum atomic E-state index is 12.9. The van der Waals surface area contributed by atoms with Gasteiger partial charge in [-0.05, 0) is 40.5 Å². The Morgan fingerprint density at radius 2 is 1.43 bits per heavy atom. The molecule has 2 N–H and O–H groups in total. The number of hydrogen-bond acceptors (Lipinski definition) is 4. The van der Waals surface area contributed by atoms with Gasteiger partial charge in [0.1, 0.15) is 0 Å². The quantitative estimate of drug-likeness (QED) is 0.534. The average molecular weight is 324 g/mol. The third-order valence-electron chi connectivity index (χ3n) is 4.87. The summed E-state index contributed by atoms with van der Waals surface area (Å²) in [5.41, 5.74) is 5.21. The summed E-state index contributed by atoms with van der Waals surface area (Å²) < 4.78 is 0. The van der Waals surface area contributed by atoms with Crippen LogP contribution >= 0.6 is 0 Å². The number of piperidine rings is 1. The van der Waals surface area contributed by atoms with E-state index >= 15 is 0 Å². The van der Waals surface area contributed by atoms with E-state index in [1.807, 2.05) is 27.7 Å². The Balaban J connectivity index is 2.14. The maximum absolute atomic E-state index is 12.9. The van der Waals surface area contributed by atoms with Crippen molar-refractivity contribution in [3.63, 3.8) is 0 Å². The highest BCUT2D eigenvalue weighted by atomic mass is 16.2. The van der Waals surface area contributed by atoms with Gasteiger partial charge < -0.3 is 20.4 Å². The van der Waals surface area contributed by atoms with Gasteiger partial charge in [0, 0.05) is 43.3 Å². The lowest BCUT2D eigenvalue weighted by Gasteiger charge is -2.54. The summed E-state index contributed by atoms with van der Waals surface area (Å²) in [6.07, 6.45) is 2.13. The van der Waals surface area contributed by atoms with Crippen LogP contribution in [-0.2, 0) is 14.4 Å². The van der Waals surface area contributed by atoms with Gasteiger partial charge in [-0.2, -0.15) is 0 Å². The van der Waals surface area contributed by atoms with Crippen LogP contribution in [0, 0.1) is 0 Å². The van der Waals surface area contributed by atoms with Crippen LogP contribution in [0.1, 0.15) is 40.5 Å². The molecule has 2 fully saturated rings. The van der Waals surface area contributed by atoms with Crippen molar-refractivity contribution in [1.29, 1.82) is 0 Å². The monoisotopic (exact) mass is 324 g/mol.